The van der Waals surface area contributed by atoms with Gasteiger partial charge in [-0.05, 0) is 28.1 Å². The molecule has 0 aliphatic rings. The molecule has 2 rings (SSSR count). The highest BCUT2D eigenvalue weighted by atomic mass is 79.9. The van der Waals surface area contributed by atoms with E-state index in [4.69, 9.17) is 17.4 Å². The average Bonchev–Trinajstić information content (AvgIpc) is 2.37. The lowest BCUT2D eigenvalue weighted by molar-refractivity contribution is 0.632. The van der Waals surface area contributed by atoms with Crippen molar-refractivity contribution in [2.24, 2.45) is 5.84 Å². The summed E-state index contributed by atoms with van der Waals surface area (Å²) < 4.78 is 14.2. The van der Waals surface area contributed by atoms with E-state index in [1.165, 1.54) is 12.4 Å². The zero-order chi connectivity index (χ0) is 13.1. The Morgan fingerprint density at radius 3 is 2.72 bits per heavy atom. The number of nitrogen functional groups attached to an aromatic ring is 1. The van der Waals surface area contributed by atoms with Gasteiger partial charge in [0.25, 0.3) is 0 Å². The Morgan fingerprint density at radius 1 is 1.28 bits per heavy atom. The van der Waals surface area contributed by atoms with Crippen LogP contribution in [-0.4, -0.2) is 9.97 Å². The number of benzene rings is 1. The Labute approximate surface area is 116 Å². The van der Waals surface area contributed by atoms with Crippen molar-refractivity contribution in [3.8, 4) is 0 Å². The monoisotopic (exact) mass is 331 g/mol. The van der Waals surface area contributed by atoms with Crippen LogP contribution < -0.4 is 16.6 Å². The summed E-state index contributed by atoms with van der Waals surface area (Å²) in [5.74, 6) is 5.48. The first-order valence-corrected chi connectivity index (χ1v) is 5.98. The van der Waals surface area contributed by atoms with Gasteiger partial charge in [0.2, 0.25) is 0 Å². The summed E-state index contributed by atoms with van der Waals surface area (Å²) >= 11 is 8.94. The van der Waals surface area contributed by atoms with Crippen LogP contribution in [0.4, 0.5) is 21.7 Å². The van der Waals surface area contributed by atoms with E-state index >= 15 is 0 Å². The molecule has 0 fully saturated rings. The van der Waals surface area contributed by atoms with Gasteiger partial charge in [0, 0.05) is 0 Å². The SMILES string of the molecule is NNc1ncnc(Nc2cccc(Cl)c2F)c1Br. The van der Waals surface area contributed by atoms with Gasteiger partial charge in [0.1, 0.15) is 16.6 Å². The molecule has 94 valence electrons. The van der Waals surface area contributed by atoms with Crippen LogP contribution in [0.15, 0.2) is 29.0 Å². The molecule has 0 saturated carbocycles. The molecule has 0 radical (unpaired) electrons. The van der Waals surface area contributed by atoms with Crippen molar-refractivity contribution >= 4 is 44.9 Å². The van der Waals surface area contributed by atoms with Crippen molar-refractivity contribution in [2.45, 2.75) is 0 Å². The van der Waals surface area contributed by atoms with Gasteiger partial charge < -0.3 is 10.7 Å². The molecule has 2 aromatic rings. The van der Waals surface area contributed by atoms with Gasteiger partial charge in [-0.25, -0.2) is 20.2 Å². The van der Waals surface area contributed by atoms with E-state index in [1.807, 2.05) is 0 Å². The third-order valence-electron chi connectivity index (χ3n) is 2.13. The second-order valence-electron chi connectivity index (χ2n) is 3.26. The van der Waals surface area contributed by atoms with E-state index in [-0.39, 0.29) is 10.7 Å². The van der Waals surface area contributed by atoms with Gasteiger partial charge in [-0.2, -0.15) is 0 Å². The van der Waals surface area contributed by atoms with Crippen molar-refractivity contribution in [3.63, 3.8) is 0 Å². The van der Waals surface area contributed by atoms with Gasteiger partial charge in [-0.15, -0.1) is 0 Å². The quantitative estimate of drug-likeness (QED) is 0.595. The molecule has 1 aromatic heterocycles. The van der Waals surface area contributed by atoms with E-state index < -0.39 is 5.82 Å². The predicted octanol–water partition coefficient (Wildman–Crippen LogP) is 3.06. The maximum absolute atomic E-state index is 13.7. The minimum absolute atomic E-state index is 0.0300. The zero-order valence-corrected chi connectivity index (χ0v) is 11.3. The molecule has 0 unspecified atom stereocenters. The minimum Gasteiger partial charge on any atom is -0.337 e. The highest BCUT2D eigenvalue weighted by Gasteiger charge is 2.11. The number of aromatic nitrogens is 2. The van der Waals surface area contributed by atoms with E-state index in [1.54, 1.807) is 12.1 Å². The lowest BCUT2D eigenvalue weighted by atomic mass is 10.3. The van der Waals surface area contributed by atoms with Crippen LogP contribution in [0.1, 0.15) is 0 Å². The highest BCUT2D eigenvalue weighted by Crippen LogP contribution is 2.30. The maximum atomic E-state index is 13.7. The number of rotatable bonds is 3. The van der Waals surface area contributed by atoms with Crippen molar-refractivity contribution in [1.29, 1.82) is 0 Å². The van der Waals surface area contributed by atoms with Crippen molar-refractivity contribution in [3.05, 3.63) is 39.8 Å². The first-order chi connectivity index (χ1) is 8.63. The van der Waals surface area contributed by atoms with Crippen LogP contribution in [0.25, 0.3) is 0 Å². The summed E-state index contributed by atoms with van der Waals surface area (Å²) in [5.41, 5.74) is 2.60. The second-order valence-corrected chi connectivity index (χ2v) is 4.46. The number of nitrogens with one attached hydrogen (secondary N) is 2. The number of nitrogens with two attached hydrogens (primary N) is 1. The van der Waals surface area contributed by atoms with Gasteiger partial charge in [-0.1, -0.05) is 17.7 Å². The summed E-state index contributed by atoms with van der Waals surface area (Å²) in [6.45, 7) is 0. The molecule has 0 aliphatic heterocycles. The van der Waals surface area contributed by atoms with Crippen molar-refractivity contribution < 1.29 is 4.39 Å². The molecule has 0 spiro atoms. The van der Waals surface area contributed by atoms with Crippen LogP contribution in [-0.2, 0) is 0 Å². The standard InChI is InChI=1S/C10H8BrClFN5/c11-7-9(15-4-16-10(7)18-14)17-6-3-1-2-5(12)8(6)13/h1-4H,14H2,(H2,15,16,17,18). The number of hydrazine groups is 1. The van der Waals surface area contributed by atoms with Crippen molar-refractivity contribution in [2.75, 3.05) is 10.7 Å². The molecule has 0 aliphatic carbocycles. The van der Waals surface area contributed by atoms with Crippen LogP contribution in [0.5, 0.6) is 0 Å². The lowest BCUT2D eigenvalue weighted by Crippen LogP contribution is -2.10. The topological polar surface area (TPSA) is 75.9 Å². The molecule has 5 nitrogen and oxygen atoms in total. The van der Waals surface area contributed by atoms with Gasteiger partial charge in [0.15, 0.2) is 11.6 Å². The van der Waals surface area contributed by atoms with E-state index in [2.05, 4.69) is 36.6 Å². The maximum Gasteiger partial charge on any atom is 0.165 e. The first kappa shape index (κ1) is 13.0. The molecular weight excluding hydrogens is 324 g/mol. The Bertz CT molecular complexity index is 580. The fourth-order valence-electron chi connectivity index (χ4n) is 1.29. The van der Waals surface area contributed by atoms with Gasteiger partial charge in [0.05, 0.1) is 10.7 Å². The van der Waals surface area contributed by atoms with Crippen LogP contribution in [0.3, 0.4) is 0 Å². The number of halogens is 3. The van der Waals surface area contributed by atoms with Crippen LogP contribution >= 0.6 is 27.5 Å². The number of hydrogen-bond acceptors (Lipinski definition) is 5. The van der Waals surface area contributed by atoms with Gasteiger partial charge >= 0.3 is 0 Å². The van der Waals surface area contributed by atoms with Crippen LogP contribution in [0, 0.1) is 5.82 Å². The van der Waals surface area contributed by atoms with E-state index in [0.29, 0.717) is 16.1 Å². The molecule has 1 aromatic carbocycles. The summed E-state index contributed by atoms with van der Waals surface area (Å²) in [5, 5.41) is 2.83. The predicted molar refractivity (Wildman–Crippen MR) is 72.2 cm³/mol. The Balaban J connectivity index is 2.37. The highest BCUT2D eigenvalue weighted by molar-refractivity contribution is 9.10. The second kappa shape index (κ2) is 5.47. The van der Waals surface area contributed by atoms with Crippen LogP contribution in [0.2, 0.25) is 5.02 Å². The fourth-order valence-corrected chi connectivity index (χ4v) is 1.88. The molecule has 0 saturated heterocycles. The van der Waals surface area contributed by atoms with Crippen molar-refractivity contribution in [1.82, 2.24) is 9.97 Å². The van der Waals surface area contributed by atoms with E-state index in [9.17, 15) is 4.39 Å². The third kappa shape index (κ3) is 2.53. The summed E-state index contributed by atoms with van der Waals surface area (Å²) in [4.78, 5) is 7.86. The summed E-state index contributed by atoms with van der Waals surface area (Å²) in [7, 11) is 0. The Morgan fingerprint density at radius 2 is 2.00 bits per heavy atom. The molecule has 0 atom stereocenters. The summed E-state index contributed by atoms with van der Waals surface area (Å²) in [6.07, 6.45) is 1.30. The number of nitrogens with zero attached hydrogens (tertiary/aromatic N) is 2. The zero-order valence-electron chi connectivity index (χ0n) is 8.92. The average molecular weight is 333 g/mol. The van der Waals surface area contributed by atoms with E-state index in [0.717, 1.165) is 0 Å². The molecule has 0 amide bonds. The Hall–Kier alpha value is -1.44. The normalized spacial score (nSPS) is 10.2. The molecular formula is C10H8BrClFN5. The largest absolute Gasteiger partial charge is 0.337 e. The first-order valence-electron chi connectivity index (χ1n) is 4.81. The molecule has 1 heterocycles. The summed E-state index contributed by atoms with van der Waals surface area (Å²) in [6, 6.07) is 4.64. The number of anilines is 3. The fraction of sp³-hybridized carbons (Fsp3) is 0. The third-order valence-corrected chi connectivity index (χ3v) is 3.17. The minimum atomic E-state index is -0.549. The Kier molecular flexibility index (Phi) is 3.95. The molecule has 18 heavy (non-hydrogen) atoms. The smallest absolute Gasteiger partial charge is 0.165 e. The number of hydrogen-bond donors (Lipinski definition) is 3. The molecule has 0 bridgehead atoms. The molecule has 4 N–H and O–H groups in total. The van der Waals surface area contributed by atoms with Gasteiger partial charge in [-0.3, -0.25) is 0 Å². The lowest BCUT2D eigenvalue weighted by Gasteiger charge is -2.10. The molecule has 8 heteroatoms.